The molecule has 0 aliphatic rings. The van der Waals surface area contributed by atoms with Gasteiger partial charge in [0, 0.05) is 30.5 Å². The Morgan fingerprint density at radius 3 is 2.76 bits per heavy atom. The minimum absolute atomic E-state index is 0.132. The van der Waals surface area contributed by atoms with Crippen LogP contribution in [-0.4, -0.2) is 20.7 Å². The molecule has 0 aliphatic heterocycles. The van der Waals surface area contributed by atoms with Gasteiger partial charge in [-0.2, -0.15) is 5.10 Å². The van der Waals surface area contributed by atoms with E-state index in [9.17, 15) is 9.59 Å². The number of H-pyrrole nitrogens is 1. The zero-order valence-corrected chi connectivity index (χ0v) is 14.1. The van der Waals surface area contributed by atoms with E-state index in [4.69, 9.17) is 16.3 Å². The molecule has 3 rings (SSSR count). The van der Waals surface area contributed by atoms with Crippen LogP contribution in [0.25, 0.3) is 0 Å². The lowest BCUT2D eigenvalue weighted by Crippen LogP contribution is -2.17. The quantitative estimate of drug-likeness (QED) is 0.733. The minimum Gasteiger partial charge on any atom is -0.483 e. The van der Waals surface area contributed by atoms with Crippen LogP contribution < -0.4 is 15.5 Å². The molecule has 8 heteroatoms. The van der Waals surface area contributed by atoms with Crippen molar-refractivity contribution < 1.29 is 9.53 Å². The van der Waals surface area contributed by atoms with E-state index in [1.807, 2.05) is 12.1 Å². The largest absolute Gasteiger partial charge is 0.483 e. The zero-order chi connectivity index (χ0) is 17.8. The summed E-state index contributed by atoms with van der Waals surface area (Å²) in [6.45, 7) is 0.224. The van der Waals surface area contributed by atoms with E-state index in [1.54, 1.807) is 30.1 Å². The molecule has 0 bridgehead atoms. The van der Waals surface area contributed by atoms with Crippen molar-refractivity contribution in [1.29, 1.82) is 0 Å². The van der Waals surface area contributed by atoms with Crippen LogP contribution in [0.2, 0.25) is 5.02 Å². The number of benzene rings is 1. The van der Waals surface area contributed by atoms with E-state index in [0.717, 1.165) is 5.56 Å². The van der Waals surface area contributed by atoms with Gasteiger partial charge in [0.15, 0.2) is 5.75 Å². The average molecular weight is 359 g/mol. The maximum absolute atomic E-state index is 12.1. The van der Waals surface area contributed by atoms with Gasteiger partial charge >= 0.3 is 0 Å². The third kappa shape index (κ3) is 4.27. The van der Waals surface area contributed by atoms with Crippen LogP contribution in [0, 0.1) is 0 Å². The number of halogens is 1. The Kier molecular flexibility index (Phi) is 4.85. The molecular formula is C17H15ClN4O3. The Bertz CT molecular complexity index is 947. The highest BCUT2D eigenvalue weighted by molar-refractivity contribution is 6.30. The summed E-state index contributed by atoms with van der Waals surface area (Å²) >= 11 is 5.82. The van der Waals surface area contributed by atoms with E-state index in [2.05, 4.69) is 15.4 Å². The second-order valence-corrected chi connectivity index (χ2v) is 5.78. The normalized spacial score (nSPS) is 10.5. The third-order valence-corrected chi connectivity index (χ3v) is 3.64. The summed E-state index contributed by atoms with van der Waals surface area (Å²) in [6.07, 6.45) is 4.54. The summed E-state index contributed by atoms with van der Waals surface area (Å²) in [5, 5.41) is 7.23. The molecule has 0 aliphatic carbocycles. The Balaban J connectivity index is 1.66. The van der Waals surface area contributed by atoms with Gasteiger partial charge in [-0.25, -0.2) is 0 Å². The average Bonchev–Trinajstić information content (AvgIpc) is 3.00. The number of nitrogens with one attached hydrogen (secondary N) is 2. The van der Waals surface area contributed by atoms with Crippen molar-refractivity contribution >= 4 is 23.2 Å². The van der Waals surface area contributed by atoms with Crippen LogP contribution >= 0.6 is 11.6 Å². The summed E-state index contributed by atoms with van der Waals surface area (Å²) in [6, 6.07) is 8.31. The maximum atomic E-state index is 12.1. The van der Waals surface area contributed by atoms with E-state index < -0.39 is 5.91 Å². The second kappa shape index (κ2) is 7.23. The first-order chi connectivity index (χ1) is 12.0. The lowest BCUT2D eigenvalue weighted by molar-refractivity contribution is 0.102. The molecule has 3 aromatic rings. The molecule has 2 aromatic heterocycles. The number of aromatic nitrogens is 3. The molecule has 0 atom stereocenters. The predicted molar refractivity (Wildman–Crippen MR) is 94.0 cm³/mol. The van der Waals surface area contributed by atoms with Crippen LogP contribution in [0.3, 0.4) is 0 Å². The molecule has 2 heterocycles. The van der Waals surface area contributed by atoms with Crippen molar-refractivity contribution in [1.82, 2.24) is 14.8 Å². The van der Waals surface area contributed by atoms with Crippen LogP contribution in [0.1, 0.15) is 16.1 Å². The highest BCUT2D eigenvalue weighted by Gasteiger charge is 2.11. The molecule has 1 aromatic carbocycles. The molecule has 128 valence electrons. The van der Waals surface area contributed by atoms with Gasteiger partial charge in [0.05, 0.1) is 11.9 Å². The Morgan fingerprint density at radius 2 is 2.12 bits per heavy atom. The van der Waals surface area contributed by atoms with Crippen LogP contribution in [0.15, 0.2) is 53.7 Å². The number of aromatic amines is 1. The summed E-state index contributed by atoms with van der Waals surface area (Å²) in [5.74, 6) is -0.303. The third-order valence-electron chi connectivity index (χ3n) is 3.39. The topological polar surface area (TPSA) is 89.0 Å². The van der Waals surface area contributed by atoms with Crippen molar-refractivity contribution in [3.63, 3.8) is 0 Å². The molecule has 0 radical (unpaired) electrons. The number of hydrogen-bond acceptors (Lipinski definition) is 4. The van der Waals surface area contributed by atoms with Gasteiger partial charge in [0.1, 0.15) is 12.3 Å². The number of carbonyl (C=O) groups excluding carboxylic acids is 1. The van der Waals surface area contributed by atoms with E-state index >= 15 is 0 Å². The van der Waals surface area contributed by atoms with Gasteiger partial charge < -0.3 is 15.0 Å². The second-order valence-electron chi connectivity index (χ2n) is 5.35. The van der Waals surface area contributed by atoms with Crippen molar-refractivity contribution in [2.75, 3.05) is 5.32 Å². The van der Waals surface area contributed by atoms with Gasteiger partial charge in [0.25, 0.3) is 5.91 Å². The lowest BCUT2D eigenvalue weighted by Gasteiger charge is -2.07. The molecule has 1 amide bonds. The fraction of sp³-hybridized carbons (Fsp3) is 0.118. The van der Waals surface area contributed by atoms with Crippen LogP contribution in [0.5, 0.6) is 5.75 Å². The molecule has 0 saturated heterocycles. The number of anilines is 1. The summed E-state index contributed by atoms with van der Waals surface area (Å²) in [5.41, 5.74) is 1.16. The summed E-state index contributed by atoms with van der Waals surface area (Å²) < 4.78 is 7.05. The van der Waals surface area contributed by atoms with Gasteiger partial charge in [-0.15, -0.1) is 0 Å². The first kappa shape index (κ1) is 16.8. The predicted octanol–water partition coefficient (Wildman–Crippen LogP) is 2.59. The Hall–Kier alpha value is -3.06. The standard InChI is InChI=1S/C17H15ClN4O3/c1-22-9-13(7-20-22)21-17(24)14-6-15(23)16(8-19-14)25-10-11-2-4-12(18)5-3-11/h2-9H,10H2,1H3,(H,19,23)(H,21,24). The number of pyridine rings is 1. The highest BCUT2D eigenvalue weighted by Crippen LogP contribution is 2.12. The number of carbonyl (C=O) groups is 1. The number of rotatable bonds is 5. The lowest BCUT2D eigenvalue weighted by atomic mass is 10.2. The highest BCUT2D eigenvalue weighted by atomic mass is 35.5. The van der Waals surface area contributed by atoms with Gasteiger partial charge in [0.2, 0.25) is 5.43 Å². The molecule has 25 heavy (non-hydrogen) atoms. The van der Waals surface area contributed by atoms with E-state index in [1.165, 1.54) is 18.5 Å². The van der Waals surface area contributed by atoms with Crippen molar-refractivity contribution in [3.8, 4) is 5.75 Å². The fourth-order valence-corrected chi connectivity index (χ4v) is 2.25. The number of hydrogen-bond donors (Lipinski definition) is 2. The van der Waals surface area contributed by atoms with Crippen LogP contribution in [0.4, 0.5) is 5.69 Å². The van der Waals surface area contributed by atoms with Gasteiger partial charge in [-0.3, -0.25) is 14.3 Å². The molecule has 2 N–H and O–H groups in total. The first-order valence-electron chi connectivity index (χ1n) is 7.41. The van der Waals surface area contributed by atoms with Crippen LogP contribution in [-0.2, 0) is 13.7 Å². The smallest absolute Gasteiger partial charge is 0.272 e. The van der Waals surface area contributed by atoms with Crippen molar-refractivity contribution in [3.05, 3.63) is 75.4 Å². The molecule has 0 fully saturated rings. The monoisotopic (exact) mass is 358 g/mol. The molecule has 7 nitrogen and oxygen atoms in total. The van der Waals surface area contributed by atoms with E-state index in [-0.39, 0.29) is 23.5 Å². The number of aryl methyl sites for hydroxylation is 1. The first-order valence-corrected chi connectivity index (χ1v) is 7.79. The maximum Gasteiger partial charge on any atom is 0.272 e. The molecule has 0 saturated carbocycles. The summed E-state index contributed by atoms with van der Waals surface area (Å²) in [7, 11) is 1.74. The minimum atomic E-state index is -0.436. The molecule has 0 spiro atoms. The van der Waals surface area contributed by atoms with Gasteiger partial charge in [-0.1, -0.05) is 23.7 Å². The molecule has 0 unspecified atom stereocenters. The SMILES string of the molecule is Cn1cc(NC(=O)c2cc(=O)c(OCc3ccc(Cl)cc3)c[nH]2)cn1. The molecular weight excluding hydrogens is 344 g/mol. The number of nitrogens with zero attached hydrogens (tertiary/aromatic N) is 2. The van der Waals surface area contributed by atoms with Crippen molar-refractivity contribution in [2.24, 2.45) is 7.05 Å². The fourth-order valence-electron chi connectivity index (χ4n) is 2.13. The Morgan fingerprint density at radius 1 is 1.36 bits per heavy atom. The van der Waals surface area contributed by atoms with Gasteiger partial charge in [-0.05, 0) is 17.7 Å². The number of ether oxygens (including phenoxy) is 1. The summed E-state index contributed by atoms with van der Waals surface area (Å²) in [4.78, 5) is 27.0. The number of amides is 1. The van der Waals surface area contributed by atoms with E-state index in [0.29, 0.717) is 10.7 Å². The zero-order valence-electron chi connectivity index (χ0n) is 13.3. The Labute approximate surface area is 148 Å². The van der Waals surface area contributed by atoms with Crippen molar-refractivity contribution in [2.45, 2.75) is 6.61 Å².